The Kier molecular flexibility index (Phi) is 5.95. The fourth-order valence-electron chi connectivity index (χ4n) is 2.49. The van der Waals surface area contributed by atoms with Crippen LogP contribution in [-0.4, -0.2) is 18.9 Å². The Hall–Kier alpha value is -2.82. The van der Waals surface area contributed by atoms with Gasteiger partial charge in [0, 0.05) is 18.2 Å². The van der Waals surface area contributed by atoms with Crippen LogP contribution >= 0.6 is 0 Å². The molecule has 0 aromatic heterocycles. The third-order valence-corrected chi connectivity index (χ3v) is 3.63. The minimum atomic E-state index is -0.166. The maximum Gasteiger partial charge on any atom is 0.225 e. The highest BCUT2D eigenvalue weighted by Gasteiger charge is 2.13. The molecule has 0 aliphatic carbocycles. The van der Waals surface area contributed by atoms with E-state index in [1.54, 1.807) is 7.11 Å². The van der Waals surface area contributed by atoms with Gasteiger partial charge in [-0.25, -0.2) is 0 Å². The van der Waals surface area contributed by atoms with Crippen LogP contribution in [0.25, 0.3) is 0 Å². The van der Waals surface area contributed by atoms with Crippen LogP contribution in [0.4, 0.5) is 5.69 Å². The summed E-state index contributed by atoms with van der Waals surface area (Å²) in [5.74, 6) is 0.491. The fourth-order valence-corrected chi connectivity index (χ4v) is 2.49. The smallest absolute Gasteiger partial charge is 0.225 e. The van der Waals surface area contributed by atoms with Gasteiger partial charge in [-0.15, -0.1) is 0 Å². The lowest BCUT2D eigenvalue weighted by atomic mass is 10.1. The molecule has 2 amide bonds. The molecule has 0 saturated heterocycles. The van der Waals surface area contributed by atoms with E-state index in [0.29, 0.717) is 11.4 Å². The number of carbonyl (C=O) groups excluding carboxylic acids is 2. The number of methoxy groups -OCH3 is 1. The summed E-state index contributed by atoms with van der Waals surface area (Å²) in [5, 5.41) is 5.71. The summed E-state index contributed by atoms with van der Waals surface area (Å²) in [6.45, 7) is 3.37. The predicted octanol–water partition coefficient (Wildman–Crippen LogP) is 3.07. The lowest BCUT2D eigenvalue weighted by Crippen LogP contribution is -2.28. The molecule has 5 nitrogen and oxygen atoms in total. The fraction of sp³-hybridized carbons (Fsp3) is 0.263. The second kappa shape index (κ2) is 8.15. The molecular weight excluding hydrogens is 304 g/mol. The normalized spacial score (nSPS) is 11.5. The van der Waals surface area contributed by atoms with Gasteiger partial charge in [0.05, 0.1) is 19.6 Å². The summed E-state index contributed by atoms with van der Waals surface area (Å²) in [7, 11) is 1.59. The van der Waals surface area contributed by atoms with E-state index < -0.39 is 0 Å². The van der Waals surface area contributed by atoms with Gasteiger partial charge in [-0.3, -0.25) is 9.59 Å². The van der Waals surface area contributed by atoms with Crippen molar-refractivity contribution >= 4 is 17.5 Å². The first-order valence-corrected chi connectivity index (χ1v) is 7.78. The topological polar surface area (TPSA) is 67.4 Å². The molecule has 2 aromatic carbocycles. The Morgan fingerprint density at radius 3 is 2.58 bits per heavy atom. The van der Waals surface area contributed by atoms with Gasteiger partial charge in [-0.05, 0) is 30.7 Å². The molecule has 2 N–H and O–H groups in total. The maximum absolute atomic E-state index is 12.3. The van der Waals surface area contributed by atoms with Crippen molar-refractivity contribution in [3.05, 3.63) is 59.7 Å². The van der Waals surface area contributed by atoms with Crippen LogP contribution in [0.5, 0.6) is 5.75 Å². The first kappa shape index (κ1) is 17.5. The molecule has 0 spiro atoms. The lowest BCUT2D eigenvalue weighted by molar-refractivity contribution is -0.121. The van der Waals surface area contributed by atoms with Gasteiger partial charge in [0.1, 0.15) is 5.75 Å². The number of para-hydroxylation sites is 1. The van der Waals surface area contributed by atoms with Gasteiger partial charge in [-0.2, -0.15) is 0 Å². The number of anilines is 1. The van der Waals surface area contributed by atoms with E-state index in [9.17, 15) is 9.59 Å². The number of amides is 2. The van der Waals surface area contributed by atoms with Crippen molar-refractivity contribution in [3.63, 3.8) is 0 Å². The number of carbonyl (C=O) groups is 2. The van der Waals surface area contributed by atoms with Gasteiger partial charge < -0.3 is 15.4 Å². The average molecular weight is 326 g/mol. The van der Waals surface area contributed by atoms with Gasteiger partial charge in [0.25, 0.3) is 0 Å². The van der Waals surface area contributed by atoms with Crippen LogP contribution in [0.1, 0.15) is 31.0 Å². The maximum atomic E-state index is 12.3. The third kappa shape index (κ3) is 4.84. The van der Waals surface area contributed by atoms with Gasteiger partial charge in [-0.1, -0.05) is 30.3 Å². The van der Waals surface area contributed by atoms with E-state index in [0.717, 1.165) is 11.1 Å². The summed E-state index contributed by atoms with van der Waals surface area (Å²) in [6.07, 6.45) is 0.250. The van der Waals surface area contributed by atoms with Crippen LogP contribution in [0.15, 0.2) is 48.5 Å². The van der Waals surface area contributed by atoms with Crippen LogP contribution in [0.2, 0.25) is 0 Å². The Morgan fingerprint density at radius 2 is 1.88 bits per heavy atom. The molecule has 0 aliphatic rings. The molecule has 1 unspecified atom stereocenters. The number of hydrogen-bond acceptors (Lipinski definition) is 3. The summed E-state index contributed by atoms with van der Waals surface area (Å²) >= 11 is 0. The highest BCUT2D eigenvalue weighted by Crippen LogP contribution is 2.20. The summed E-state index contributed by atoms with van der Waals surface area (Å²) < 4.78 is 5.27. The molecule has 2 aromatic rings. The molecule has 2 rings (SSSR count). The average Bonchev–Trinajstić information content (AvgIpc) is 2.55. The molecular formula is C19H22N2O3. The molecule has 0 saturated carbocycles. The Bertz CT molecular complexity index is 728. The second-order valence-electron chi connectivity index (χ2n) is 5.58. The Morgan fingerprint density at radius 1 is 1.12 bits per heavy atom. The van der Waals surface area contributed by atoms with E-state index in [1.165, 1.54) is 6.92 Å². The van der Waals surface area contributed by atoms with Crippen molar-refractivity contribution in [2.75, 3.05) is 12.4 Å². The summed E-state index contributed by atoms with van der Waals surface area (Å²) in [4.78, 5) is 23.4. The monoisotopic (exact) mass is 326 g/mol. The van der Waals surface area contributed by atoms with Gasteiger partial charge in [0.2, 0.25) is 11.8 Å². The van der Waals surface area contributed by atoms with Crippen molar-refractivity contribution in [2.24, 2.45) is 0 Å². The van der Waals surface area contributed by atoms with Crippen molar-refractivity contribution in [1.29, 1.82) is 0 Å². The number of benzene rings is 2. The van der Waals surface area contributed by atoms with E-state index in [-0.39, 0.29) is 24.3 Å². The van der Waals surface area contributed by atoms with Crippen LogP contribution in [0, 0.1) is 0 Å². The van der Waals surface area contributed by atoms with Crippen molar-refractivity contribution < 1.29 is 14.3 Å². The molecule has 0 radical (unpaired) electrons. The van der Waals surface area contributed by atoms with E-state index >= 15 is 0 Å². The molecule has 1 atom stereocenters. The molecule has 0 aliphatic heterocycles. The molecule has 24 heavy (non-hydrogen) atoms. The van der Waals surface area contributed by atoms with Crippen LogP contribution < -0.4 is 15.4 Å². The zero-order valence-corrected chi connectivity index (χ0v) is 14.1. The largest absolute Gasteiger partial charge is 0.496 e. The zero-order valence-electron chi connectivity index (χ0n) is 14.1. The highest BCUT2D eigenvalue weighted by atomic mass is 16.5. The van der Waals surface area contributed by atoms with Crippen molar-refractivity contribution in [2.45, 2.75) is 26.3 Å². The van der Waals surface area contributed by atoms with Crippen molar-refractivity contribution in [3.8, 4) is 5.75 Å². The quantitative estimate of drug-likeness (QED) is 0.857. The second-order valence-corrected chi connectivity index (χ2v) is 5.58. The standard InChI is InChI=1S/C19H22N2O3/c1-13(15-8-6-9-17(11-15)21-14(2)22)20-19(23)12-16-7-4-5-10-18(16)24-3/h4-11,13H,12H2,1-3H3,(H,20,23)(H,21,22). The van der Waals surface area contributed by atoms with E-state index in [2.05, 4.69) is 10.6 Å². The number of hydrogen-bond donors (Lipinski definition) is 2. The third-order valence-electron chi connectivity index (χ3n) is 3.63. The van der Waals surface area contributed by atoms with E-state index in [1.807, 2.05) is 55.5 Å². The first-order chi connectivity index (χ1) is 11.5. The lowest BCUT2D eigenvalue weighted by Gasteiger charge is -2.16. The molecule has 0 bridgehead atoms. The van der Waals surface area contributed by atoms with Crippen LogP contribution in [0.3, 0.4) is 0 Å². The van der Waals surface area contributed by atoms with Gasteiger partial charge >= 0.3 is 0 Å². The minimum absolute atomic E-state index is 0.0862. The Labute approximate surface area is 142 Å². The molecule has 126 valence electrons. The SMILES string of the molecule is COc1ccccc1CC(=O)NC(C)c1cccc(NC(C)=O)c1. The summed E-state index contributed by atoms with van der Waals surface area (Å²) in [5.41, 5.74) is 2.48. The minimum Gasteiger partial charge on any atom is -0.496 e. The first-order valence-electron chi connectivity index (χ1n) is 7.78. The van der Waals surface area contributed by atoms with Crippen LogP contribution in [-0.2, 0) is 16.0 Å². The number of ether oxygens (including phenoxy) is 1. The predicted molar refractivity (Wildman–Crippen MR) is 94.0 cm³/mol. The zero-order chi connectivity index (χ0) is 17.5. The van der Waals surface area contributed by atoms with Crippen molar-refractivity contribution in [1.82, 2.24) is 5.32 Å². The van der Waals surface area contributed by atoms with E-state index in [4.69, 9.17) is 4.74 Å². The highest BCUT2D eigenvalue weighted by molar-refractivity contribution is 5.88. The molecule has 5 heteroatoms. The number of rotatable bonds is 6. The summed E-state index contributed by atoms with van der Waals surface area (Å²) in [6, 6.07) is 14.7. The Balaban J connectivity index is 2.02. The number of nitrogens with one attached hydrogen (secondary N) is 2. The van der Waals surface area contributed by atoms with Gasteiger partial charge in [0.15, 0.2) is 0 Å². The molecule has 0 heterocycles. The molecule has 0 fully saturated rings.